The van der Waals surface area contributed by atoms with E-state index in [9.17, 15) is 13.6 Å². The van der Waals surface area contributed by atoms with E-state index >= 15 is 0 Å². The maximum atomic E-state index is 11.1. The predicted octanol–water partition coefficient (Wildman–Crippen LogP) is -0.0327. The molecule has 0 saturated heterocycles. The van der Waals surface area contributed by atoms with Crippen LogP contribution in [0, 0.1) is 5.21 Å². The average molecular weight is 187 g/mol. The molecule has 6 heteroatoms. The maximum Gasteiger partial charge on any atom is 0.252 e. The van der Waals surface area contributed by atoms with Gasteiger partial charge in [0.05, 0.1) is 4.90 Å². The summed E-state index contributed by atoms with van der Waals surface area (Å²) in [4.78, 5) is 1.65. The number of hydrazine groups is 1. The van der Waals surface area contributed by atoms with E-state index in [1.165, 1.54) is 12.1 Å². The molecule has 0 spiro atoms. The van der Waals surface area contributed by atoms with Crippen molar-refractivity contribution >= 4 is 10.0 Å². The molecule has 0 heterocycles. The Morgan fingerprint density at radius 3 is 2.25 bits per heavy atom. The zero-order valence-corrected chi connectivity index (χ0v) is 6.84. The summed E-state index contributed by atoms with van der Waals surface area (Å²) in [5.41, 5.74) is 1.12. The number of nitrogens with one attached hydrogen (secondary N) is 2. The topological polar surface area (TPSA) is 81.3 Å². The van der Waals surface area contributed by atoms with Gasteiger partial charge in [-0.05, 0) is 12.1 Å². The minimum absolute atomic E-state index is 0.0494. The molecule has 0 aliphatic heterocycles. The number of sulfonamides is 1. The second-order valence-corrected chi connectivity index (χ2v) is 3.70. The van der Waals surface area contributed by atoms with Crippen LogP contribution in [0.5, 0.6) is 0 Å². The first-order valence-corrected chi connectivity index (χ1v) is 4.59. The normalized spacial score (nSPS) is 11.4. The minimum atomic E-state index is -3.68. The van der Waals surface area contributed by atoms with Gasteiger partial charge in [0.15, 0.2) is 0 Å². The molecular weight excluding hydrogens is 180 g/mol. The Balaban J connectivity index is 2.99. The predicted molar refractivity (Wildman–Crippen MR) is 43.3 cm³/mol. The Kier molecular flexibility index (Phi) is 2.77. The van der Waals surface area contributed by atoms with E-state index in [0.717, 1.165) is 5.59 Å². The van der Waals surface area contributed by atoms with Crippen molar-refractivity contribution in [1.29, 1.82) is 0 Å². The molecule has 66 valence electrons. The van der Waals surface area contributed by atoms with Gasteiger partial charge in [0, 0.05) is 0 Å². The van der Waals surface area contributed by atoms with E-state index in [1.807, 2.05) is 0 Å². The molecule has 0 aromatic heterocycles. The van der Waals surface area contributed by atoms with Crippen molar-refractivity contribution < 1.29 is 8.42 Å². The average Bonchev–Trinajstić information content (AvgIpc) is 2.06. The lowest BCUT2D eigenvalue weighted by atomic mass is 10.4. The number of benzene rings is 1. The molecule has 0 fully saturated rings. The molecule has 0 bridgehead atoms. The molecule has 0 aliphatic rings. The molecule has 2 N–H and O–H groups in total. The number of rotatable bonds is 3. The van der Waals surface area contributed by atoms with Gasteiger partial charge in [0.25, 0.3) is 10.0 Å². The van der Waals surface area contributed by atoms with Crippen LogP contribution in [0.3, 0.4) is 0 Å². The summed E-state index contributed by atoms with van der Waals surface area (Å²) in [6, 6.07) is 7.60. The van der Waals surface area contributed by atoms with Crippen molar-refractivity contribution in [2.45, 2.75) is 4.90 Å². The van der Waals surface area contributed by atoms with Gasteiger partial charge in [-0.3, -0.25) is 0 Å². The van der Waals surface area contributed by atoms with Crippen LogP contribution < -0.4 is 10.4 Å². The Hall–Kier alpha value is -0.950. The molecule has 0 saturated carbocycles. The minimum Gasteiger partial charge on any atom is -0.774 e. The summed E-state index contributed by atoms with van der Waals surface area (Å²) in [6.45, 7) is 0. The lowest BCUT2D eigenvalue weighted by Crippen LogP contribution is -2.32. The highest BCUT2D eigenvalue weighted by molar-refractivity contribution is 7.89. The molecule has 0 radical (unpaired) electrons. The summed E-state index contributed by atoms with van der Waals surface area (Å²) in [5.74, 6) is 0. The van der Waals surface area contributed by atoms with Gasteiger partial charge in [-0.15, -0.1) is 0 Å². The Bertz CT molecular complexity index is 335. The summed E-state index contributed by atoms with van der Waals surface area (Å²) >= 11 is 0. The molecule has 5 nitrogen and oxygen atoms in total. The fourth-order valence-electron chi connectivity index (χ4n) is 0.713. The first-order chi connectivity index (χ1) is 5.67. The lowest BCUT2D eigenvalue weighted by molar-refractivity contribution is 0.575. The zero-order chi connectivity index (χ0) is 9.03. The Morgan fingerprint density at radius 2 is 1.75 bits per heavy atom. The molecule has 1 aromatic carbocycles. The van der Waals surface area contributed by atoms with Crippen LogP contribution >= 0.6 is 0 Å². The largest absolute Gasteiger partial charge is 0.774 e. The van der Waals surface area contributed by atoms with Crippen molar-refractivity contribution in [3.63, 3.8) is 0 Å². The first kappa shape index (κ1) is 9.14. The highest BCUT2D eigenvalue weighted by Crippen LogP contribution is 2.05. The van der Waals surface area contributed by atoms with Crippen molar-refractivity contribution in [2.24, 2.45) is 0 Å². The molecular formula is C6H7N2O3S-. The highest BCUT2D eigenvalue weighted by Gasteiger charge is 2.09. The number of hydrogen-bond acceptors (Lipinski definition) is 4. The van der Waals surface area contributed by atoms with Gasteiger partial charge in [-0.25, -0.2) is 8.42 Å². The third-order valence-electron chi connectivity index (χ3n) is 1.23. The van der Waals surface area contributed by atoms with Crippen molar-refractivity contribution in [2.75, 3.05) is 0 Å². The van der Waals surface area contributed by atoms with Crippen LogP contribution in [0.15, 0.2) is 35.2 Å². The van der Waals surface area contributed by atoms with E-state index in [0.29, 0.717) is 0 Å². The SMILES string of the molecule is O=S(=O)(NN[O-])c1ccccc1. The molecule has 1 rings (SSSR count). The van der Waals surface area contributed by atoms with Gasteiger partial charge >= 0.3 is 0 Å². The summed E-state index contributed by atoms with van der Waals surface area (Å²) < 4.78 is 22.1. The summed E-state index contributed by atoms with van der Waals surface area (Å²) in [6.07, 6.45) is 0. The fraction of sp³-hybridized carbons (Fsp3) is 0. The van der Waals surface area contributed by atoms with E-state index < -0.39 is 10.0 Å². The summed E-state index contributed by atoms with van der Waals surface area (Å²) in [5, 5.41) is 9.78. The van der Waals surface area contributed by atoms with Gasteiger partial charge < -0.3 is 10.8 Å². The zero-order valence-electron chi connectivity index (χ0n) is 6.02. The second kappa shape index (κ2) is 3.63. The van der Waals surface area contributed by atoms with E-state index in [1.54, 1.807) is 23.0 Å². The van der Waals surface area contributed by atoms with Crippen LogP contribution in [0.25, 0.3) is 0 Å². The third-order valence-corrected chi connectivity index (χ3v) is 2.47. The van der Waals surface area contributed by atoms with Crippen LogP contribution in [-0.2, 0) is 10.0 Å². The molecule has 1 aromatic rings. The molecule has 12 heavy (non-hydrogen) atoms. The molecule has 0 unspecified atom stereocenters. The van der Waals surface area contributed by atoms with Crippen molar-refractivity contribution in [3.8, 4) is 0 Å². The third kappa shape index (κ3) is 2.02. The second-order valence-electron chi connectivity index (χ2n) is 2.02. The quantitative estimate of drug-likeness (QED) is 0.651. The van der Waals surface area contributed by atoms with Crippen LogP contribution in [-0.4, -0.2) is 8.42 Å². The highest BCUT2D eigenvalue weighted by atomic mass is 32.2. The van der Waals surface area contributed by atoms with Crippen LogP contribution in [0.4, 0.5) is 0 Å². The van der Waals surface area contributed by atoms with Gasteiger partial charge in [0.1, 0.15) is 0 Å². The van der Waals surface area contributed by atoms with Crippen LogP contribution in [0.2, 0.25) is 0 Å². The Labute approximate surface area is 70.0 Å². The fourth-order valence-corrected chi connectivity index (χ4v) is 1.46. The number of hydrogen-bond donors (Lipinski definition) is 2. The van der Waals surface area contributed by atoms with Crippen molar-refractivity contribution in [1.82, 2.24) is 10.4 Å². The Morgan fingerprint density at radius 1 is 1.17 bits per heavy atom. The van der Waals surface area contributed by atoms with Crippen molar-refractivity contribution in [3.05, 3.63) is 35.5 Å². The van der Waals surface area contributed by atoms with E-state index in [-0.39, 0.29) is 4.90 Å². The lowest BCUT2D eigenvalue weighted by Gasteiger charge is -2.09. The molecule has 0 aliphatic carbocycles. The van der Waals surface area contributed by atoms with Gasteiger partial charge in [-0.1, -0.05) is 18.2 Å². The monoisotopic (exact) mass is 187 g/mol. The molecule has 0 atom stereocenters. The first-order valence-electron chi connectivity index (χ1n) is 3.11. The van der Waals surface area contributed by atoms with Gasteiger partial charge in [0.2, 0.25) is 0 Å². The summed E-state index contributed by atoms with van der Waals surface area (Å²) in [7, 11) is -3.68. The van der Waals surface area contributed by atoms with Gasteiger partial charge in [-0.2, -0.15) is 4.83 Å². The standard InChI is InChI=1S/C6H7N2O3S/c9-7-8-12(10,11)6-4-2-1-3-5-6/h1-5,7-8H/q-1. The maximum absolute atomic E-state index is 11.1. The van der Waals surface area contributed by atoms with Crippen LogP contribution in [0.1, 0.15) is 0 Å². The van der Waals surface area contributed by atoms with E-state index in [2.05, 4.69) is 0 Å². The van der Waals surface area contributed by atoms with E-state index in [4.69, 9.17) is 0 Å². The smallest absolute Gasteiger partial charge is 0.252 e. The molecule has 0 amide bonds.